The standard InChI is InChI=1S/C24H25N3O4S4/c1-4-6-11-26-15-12-14(3)7-8-16(15)33-18(26)10-9-17-21(30)25(5-2)23(34-17)20-22(31)27(13-19(28)29)24(32)35-20/h7-10,12H,4-6,11,13H2,1-3H3,(H,28,29)/b17-9+,18-10-,23-20-. The van der Waals surface area contributed by atoms with Gasteiger partial charge in [0.2, 0.25) is 0 Å². The highest BCUT2D eigenvalue weighted by Gasteiger charge is 2.35. The third kappa shape index (κ3) is 5.13. The van der Waals surface area contributed by atoms with E-state index in [9.17, 15) is 14.4 Å². The van der Waals surface area contributed by atoms with Gasteiger partial charge in [-0.3, -0.25) is 23.9 Å². The first-order valence-electron chi connectivity index (χ1n) is 11.2. The highest BCUT2D eigenvalue weighted by atomic mass is 32.2. The smallest absolute Gasteiger partial charge is 0.323 e. The van der Waals surface area contributed by atoms with Crippen molar-refractivity contribution in [2.45, 2.75) is 45.1 Å². The summed E-state index contributed by atoms with van der Waals surface area (Å²) in [6.07, 6.45) is 5.93. The van der Waals surface area contributed by atoms with Crippen LogP contribution in [0.15, 0.2) is 39.0 Å². The fraction of sp³-hybridized carbons (Fsp3) is 0.333. The Bertz CT molecular complexity index is 1420. The molecule has 0 bridgehead atoms. The van der Waals surface area contributed by atoms with Gasteiger partial charge in [-0.25, -0.2) is 0 Å². The van der Waals surface area contributed by atoms with E-state index in [2.05, 4.69) is 36.9 Å². The zero-order valence-electron chi connectivity index (χ0n) is 19.6. The highest BCUT2D eigenvalue weighted by molar-refractivity contribution is 8.30. The Hall–Kier alpha value is -2.34. The summed E-state index contributed by atoms with van der Waals surface area (Å²) in [4.78, 5) is 42.0. The summed E-state index contributed by atoms with van der Waals surface area (Å²) >= 11 is 9.19. The monoisotopic (exact) mass is 547 g/mol. The summed E-state index contributed by atoms with van der Waals surface area (Å²) in [7, 11) is 0. The molecule has 7 nitrogen and oxygen atoms in total. The summed E-state index contributed by atoms with van der Waals surface area (Å²) in [5, 5.41) is 10.2. The number of allylic oxidation sites excluding steroid dienone is 1. The Morgan fingerprint density at radius 3 is 2.60 bits per heavy atom. The van der Waals surface area contributed by atoms with Gasteiger partial charge < -0.3 is 10.0 Å². The molecule has 0 spiro atoms. The number of carbonyl (C=O) groups is 2. The molecule has 0 saturated carbocycles. The average Bonchev–Trinajstić information content (AvgIpc) is 3.42. The van der Waals surface area contributed by atoms with E-state index in [1.54, 1.807) is 16.3 Å². The number of thiazole rings is 1. The lowest BCUT2D eigenvalue weighted by Gasteiger charge is -2.20. The number of thiocarbonyl (C=S) groups is 1. The predicted octanol–water partition coefficient (Wildman–Crippen LogP) is 3.33. The second kappa shape index (κ2) is 10.7. The van der Waals surface area contributed by atoms with Crippen molar-refractivity contribution in [1.82, 2.24) is 9.47 Å². The van der Waals surface area contributed by atoms with Crippen molar-refractivity contribution in [3.8, 4) is 0 Å². The maximum atomic E-state index is 13.2. The van der Waals surface area contributed by atoms with Gasteiger partial charge in [-0.1, -0.05) is 55.2 Å². The molecule has 11 heteroatoms. The van der Waals surface area contributed by atoms with Gasteiger partial charge in [0.05, 0.1) is 15.2 Å². The van der Waals surface area contributed by atoms with Crippen LogP contribution in [0, 0.1) is 6.92 Å². The molecule has 4 rings (SSSR count). The molecule has 1 amide bonds. The molecule has 1 aromatic heterocycles. The average molecular weight is 548 g/mol. The Morgan fingerprint density at radius 1 is 1.14 bits per heavy atom. The topological polar surface area (TPSA) is 82.8 Å². The quantitative estimate of drug-likeness (QED) is 0.529. The van der Waals surface area contributed by atoms with E-state index >= 15 is 0 Å². The number of benzene rings is 1. The van der Waals surface area contributed by atoms with Crippen LogP contribution in [0.1, 0.15) is 32.3 Å². The van der Waals surface area contributed by atoms with E-state index < -0.39 is 18.4 Å². The molecule has 0 unspecified atom stereocenters. The summed E-state index contributed by atoms with van der Waals surface area (Å²) in [6, 6.07) is 6.43. The number of hydrogen-bond acceptors (Lipinski definition) is 8. The van der Waals surface area contributed by atoms with Gasteiger partial charge in [0.15, 0.2) is 0 Å². The molecule has 2 aliphatic rings. The van der Waals surface area contributed by atoms with Crippen LogP contribution in [0.25, 0.3) is 11.0 Å². The van der Waals surface area contributed by atoms with Crippen LogP contribution in [0.4, 0.5) is 5.69 Å². The van der Waals surface area contributed by atoms with Crippen molar-refractivity contribution in [3.05, 3.63) is 54.4 Å². The fourth-order valence-electron chi connectivity index (χ4n) is 3.82. The first kappa shape index (κ1) is 25.7. The van der Waals surface area contributed by atoms with Crippen molar-refractivity contribution in [1.29, 1.82) is 0 Å². The summed E-state index contributed by atoms with van der Waals surface area (Å²) < 4.78 is 2.76. The van der Waals surface area contributed by atoms with E-state index in [-0.39, 0.29) is 9.88 Å². The molecule has 1 aromatic carbocycles. The number of aryl methyl sites for hydroxylation is 1. The van der Waals surface area contributed by atoms with Gasteiger partial charge in [-0.15, -0.1) is 11.3 Å². The molecule has 1 N–H and O–H groups in total. The number of aromatic nitrogens is 1. The molecule has 1 fully saturated rings. The summed E-state index contributed by atoms with van der Waals surface area (Å²) in [5.74, 6) is -1.61. The van der Waals surface area contributed by atoms with E-state index in [4.69, 9.17) is 17.3 Å². The number of carbonyl (C=O) groups excluding carboxylic acids is 1. The van der Waals surface area contributed by atoms with Crippen LogP contribution in [-0.2, 0) is 16.1 Å². The van der Waals surface area contributed by atoms with Crippen LogP contribution in [0.3, 0.4) is 0 Å². The molecular weight excluding hydrogens is 523 g/mol. The minimum absolute atomic E-state index is 0.177. The lowest BCUT2D eigenvalue weighted by molar-refractivity contribution is -0.140. The number of carboxylic acids is 1. The number of rotatable bonds is 7. The third-order valence-electron chi connectivity index (χ3n) is 5.56. The van der Waals surface area contributed by atoms with Gasteiger partial charge in [0, 0.05) is 18.0 Å². The Morgan fingerprint density at radius 2 is 1.91 bits per heavy atom. The van der Waals surface area contributed by atoms with Crippen LogP contribution >= 0.6 is 47.1 Å². The molecule has 1 saturated heterocycles. The summed E-state index contributed by atoms with van der Waals surface area (Å²) in [6.45, 7) is 6.89. The summed E-state index contributed by atoms with van der Waals surface area (Å²) in [5.41, 5.74) is 2.22. The maximum Gasteiger partial charge on any atom is 0.323 e. The first-order chi connectivity index (χ1) is 16.7. The number of fused-ring (bicyclic) bond motifs is 1. The predicted molar refractivity (Wildman–Crippen MR) is 148 cm³/mol. The number of anilines is 1. The highest BCUT2D eigenvalue weighted by Crippen LogP contribution is 2.46. The van der Waals surface area contributed by atoms with Crippen molar-refractivity contribution in [2.24, 2.45) is 0 Å². The van der Waals surface area contributed by atoms with Crippen molar-refractivity contribution in [2.75, 3.05) is 18.0 Å². The Labute approximate surface area is 220 Å². The molecule has 3 heterocycles. The van der Waals surface area contributed by atoms with Crippen LogP contribution in [-0.4, -0.2) is 43.9 Å². The van der Waals surface area contributed by atoms with Crippen LogP contribution in [0.2, 0.25) is 0 Å². The molecule has 0 radical (unpaired) electrons. The zero-order valence-corrected chi connectivity index (χ0v) is 22.8. The van der Waals surface area contributed by atoms with E-state index in [1.807, 2.05) is 19.1 Å². The number of nitrogens with zero attached hydrogens (tertiary/aromatic N) is 3. The van der Waals surface area contributed by atoms with Gasteiger partial charge in [0.1, 0.15) is 20.4 Å². The third-order valence-corrected chi connectivity index (χ3v) is 9.40. The zero-order chi connectivity index (χ0) is 25.3. The number of amides is 1. The lowest BCUT2D eigenvalue weighted by atomic mass is 10.2. The fourth-order valence-corrected chi connectivity index (χ4v) is 7.41. The Balaban J connectivity index is 1.77. The van der Waals surface area contributed by atoms with Crippen molar-refractivity contribution >= 4 is 79.9 Å². The normalized spacial score (nSPS) is 18.8. The van der Waals surface area contributed by atoms with Gasteiger partial charge in [0.25, 0.3) is 11.5 Å². The lowest BCUT2D eigenvalue weighted by Crippen LogP contribution is -2.35. The number of aliphatic carboxylic acids is 1. The second-order valence-corrected chi connectivity index (χ2v) is 11.8. The van der Waals surface area contributed by atoms with E-state index in [0.717, 1.165) is 41.1 Å². The van der Waals surface area contributed by atoms with Crippen molar-refractivity contribution in [3.63, 3.8) is 0 Å². The molecule has 2 aliphatic heterocycles. The number of carboxylic acid groups (broad SMARTS) is 1. The Kier molecular flexibility index (Phi) is 7.89. The van der Waals surface area contributed by atoms with E-state index in [1.165, 1.54) is 27.5 Å². The van der Waals surface area contributed by atoms with Crippen molar-refractivity contribution < 1.29 is 14.7 Å². The van der Waals surface area contributed by atoms with Crippen LogP contribution < -0.4 is 19.7 Å². The van der Waals surface area contributed by atoms with Crippen LogP contribution in [0.5, 0.6) is 0 Å². The van der Waals surface area contributed by atoms with Gasteiger partial charge in [-0.05, 0) is 50.1 Å². The number of thioether (sulfide) groups is 2. The molecule has 0 aliphatic carbocycles. The molecule has 35 heavy (non-hydrogen) atoms. The number of hydrogen-bond donors (Lipinski definition) is 1. The minimum Gasteiger partial charge on any atom is -0.480 e. The van der Waals surface area contributed by atoms with Gasteiger partial charge in [-0.2, -0.15) is 0 Å². The van der Waals surface area contributed by atoms with E-state index in [0.29, 0.717) is 20.6 Å². The molecular formula is C24H25N3O4S4. The molecule has 2 aromatic rings. The first-order valence-corrected chi connectivity index (χ1v) is 14.1. The second-order valence-electron chi connectivity index (χ2n) is 8.05. The molecule has 184 valence electrons. The van der Waals surface area contributed by atoms with Gasteiger partial charge >= 0.3 is 5.97 Å². The molecule has 0 atom stereocenters. The SMILES string of the molecule is CCCCN1/C(=C/C=c2/s/c(=C3\SC(=S)N(CC(=O)O)C3=O)n(CC)c2=O)Sc2ccc(C)cc21. The number of unbranched alkanes of at least 4 members (excludes halogenated alkanes) is 1. The largest absolute Gasteiger partial charge is 0.480 e. The maximum absolute atomic E-state index is 13.2. The minimum atomic E-state index is -1.14.